The number of carbonyl (C=O) groups is 1. The molecular weight excluding hydrogens is 471 g/mol. The number of allylic oxidation sites excluding steroid dienone is 1. The lowest BCUT2D eigenvalue weighted by molar-refractivity contribution is -0.163. The van der Waals surface area contributed by atoms with E-state index in [0.29, 0.717) is 37.3 Å². The van der Waals surface area contributed by atoms with Gasteiger partial charge in [0, 0.05) is 63.0 Å². The van der Waals surface area contributed by atoms with Crippen molar-refractivity contribution in [3.63, 3.8) is 0 Å². The van der Waals surface area contributed by atoms with Crippen LogP contribution in [0.1, 0.15) is 35.1 Å². The van der Waals surface area contributed by atoms with Crippen LogP contribution in [0.2, 0.25) is 0 Å². The molecule has 2 aromatic rings. The molecule has 0 bridgehead atoms. The van der Waals surface area contributed by atoms with Gasteiger partial charge in [0.25, 0.3) is 5.91 Å². The maximum atomic E-state index is 15.4. The van der Waals surface area contributed by atoms with E-state index in [1.54, 1.807) is 30.2 Å². The molecule has 1 aliphatic heterocycles. The van der Waals surface area contributed by atoms with Gasteiger partial charge in [0.05, 0.1) is 13.2 Å². The molecule has 1 unspecified atom stereocenters. The van der Waals surface area contributed by atoms with E-state index in [9.17, 15) is 9.90 Å². The third kappa shape index (κ3) is 7.05. The highest BCUT2D eigenvalue weighted by atomic mass is 19.1. The largest absolute Gasteiger partial charge is 0.381 e. The average molecular weight is 511 g/mol. The summed E-state index contributed by atoms with van der Waals surface area (Å²) in [6.45, 7) is 11.7. The van der Waals surface area contributed by atoms with Crippen molar-refractivity contribution >= 4 is 17.7 Å². The minimum absolute atomic E-state index is 0.201. The predicted molar refractivity (Wildman–Crippen MR) is 146 cm³/mol. The van der Waals surface area contributed by atoms with Crippen LogP contribution in [0, 0.1) is 5.82 Å². The van der Waals surface area contributed by atoms with Gasteiger partial charge in [-0.1, -0.05) is 49.1 Å². The third-order valence-electron chi connectivity index (χ3n) is 6.87. The summed E-state index contributed by atoms with van der Waals surface area (Å²) in [7, 11) is 3.21. The molecule has 0 radical (unpaired) electrons. The van der Waals surface area contributed by atoms with E-state index in [0.717, 1.165) is 29.9 Å². The fraction of sp³-hybridized carbons (Fsp3) is 0.414. The van der Waals surface area contributed by atoms with Crippen molar-refractivity contribution in [2.75, 3.05) is 45.7 Å². The van der Waals surface area contributed by atoms with Gasteiger partial charge in [-0.15, -0.1) is 6.58 Å². The first kappa shape index (κ1) is 28.5. The molecule has 0 spiro atoms. The summed E-state index contributed by atoms with van der Waals surface area (Å²) >= 11 is 0. The van der Waals surface area contributed by atoms with Gasteiger partial charge < -0.3 is 20.5 Å². The van der Waals surface area contributed by atoms with E-state index < -0.39 is 11.6 Å². The Kier molecular flexibility index (Phi) is 10.4. The molecule has 7 nitrogen and oxygen atoms in total. The predicted octanol–water partition coefficient (Wildman–Crippen LogP) is 3.75. The van der Waals surface area contributed by atoms with Crippen molar-refractivity contribution in [3.05, 3.63) is 83.7 Å². The summed E-state index contributed by atoms with van der Waals surface area (Å²) in [6.07, 6.45) is 4.09. The fourth-order valence-corrected chi connectivity index (χ4v) is 4.57. The molecule has 1 aliphatic rings. The van der Waals surface area contributed by atoms with Crippen LogP contribution in [0.5, 0.6) is 0 Å². The quantitative estimate of drug-likeness (QED) is 0.282. The van der Waals surface area contributed by atoms with Gasteiger partial charge in [0.15, 0.2) is 5.72 Å². The van der Waals surface area contributed by atoms with Crippen molar-refractivity contribution in [1.82, 2.24) is 15.1 Å². The topological polar surface area (TPSA) is 77.1 Å². The molecule has 37 heavy (non-hydrogen) atoms. The number of aliphatic hydroxyl groups is 1. The number of likely N-dealkylation sites (N-methyl/N-ethyl adjacent to an activating group) is 2. The first-order valence-corrected chi connectivity index (χ1v) is 12.6. The summed E-state index contributed by atoms with van der Waals surface area (Å²) in [4.78, 5) is 16.4. The third-order valence-corrected chi connectivity index (χ3v) is 6.87. The second kappa shape index (κ2) is 13.5. The van der Waals surface area contributed by atoms with E-state index in [1.165, 1.54) is 7.05 Å². The van der Waals surface area contributed by atoms with Crippen LogP contribution in [0.3, 0.4) is 0 Å². The van der Waals surface area contributed by atoms with Gasteiger partial charge >= 0.3 is 0 Å². The lowest BCUT2D eigenvalue weighted by atomic mass is 10.00. The Morgan fingerprint density at radius 2 is 1.92 bits per heavy atom. The molecule has 0 aromatic heterocycles. The number of ether oxygens (including phenoxy) is 1. The molecule has 0 aliphatic carbocycles. The van der Waals surface area contributed by atoms with Crippen LogP contribution in [0.15, 0.2) is 55.6 Å². The Hall–Kier alpha value is -3.04. The van der Waals surface area contributed by atoms with E-state index >= 15 is 4.39 Å². The zero-order chi connectivity index (χ0) is 26.8. The summed E-state index contributed by atoms with van der Waals surface area (Å²) in [5.41, 5.74) is 2.02. The number of benzene rings is 2. The number of halogens is 1. The molecule has 200 valence electrons. The highest BCUT2D eigenvalue weighted by Gasteiger charge is 2.39. The number of carbonyl (C=O) groups excluding carboxylic acids is 1. The molecule has 3 rings (SSSR count). The van der Waals surface area contributed by atoms with Gasteiger partial charge in [0.2, 0.25) is 0 Å². The SMILES string of the molecule is C=CCCC(O)(C(=O)NC)N(C)Cc1c(C=C)cccc1NCc1cccc(CN2CCOCC2)c1F. The normalized spacial score (nSPS) is 15.7. The monoisotopic (exact) mass is 510 g/mol. The summed E-state index contributed by atoms with van der Waals surface area (Å²) < 4.78 is 20.8. The highest BCUT2D eigenvalue weighted by Crippen LogP contribution is 2.28. The Labute approximate surface area is 219 Å². The zero-order valence-corrected chi connectivity index (χ0v) is 21.9. The second-order valence-corrected chi connectivity index (χ2v) is 9.29. The van der Waals surface area contributed by atoms with E-state index in [2.05, 4.69) is 28.7 Å². The number of amides is 1. The minimum atomic E-state index is -1.71. The lowest BCUT2D eigenvalue weighted by Crippen LogP contribution is -2.56. The molecule has 1 saturated heterocycles. The van der Waals surface area contributed by atoms with Crippen molar-refractivity contribution < 1.29 is 19.0 Å². The Morgan fingerprint density at radius 3 is 2.59 bits per heavy atom. The number of morpholine rings is 1. The average Bonchev–Trinajstić information content (AvgIpc) is 2.92. The van der Waals surface area contributed by atoms with Crippen molar-refractivity contribution in [1.29, 1.82) is 0 Å². The zero-order valence-electron chi connectivity index (χ0n) is 21.9. The number of anilines is 1. The molecule has 2 aromatic carbocycles. The minimum Gasteiger partial charge on any atom is -0.381 e. The van der Waals surface area contributed by atoms with Crippen LogP contribution >= 0.6 is 0 Å². The van der Waals surface area contributed by atoms with E-state index in [-0.39, 0.29) is 25.3 Å². The van der Waals surface area contributed by atoms with E-state index in [4.69, 9.17) is 4.74 Å². The molecular formula is C29H39FN4O3. The van der Waals surface area contributed by atoms with Crippen molar-refractivity contribution in [3.8, 4) is 0 Å². The smallest absolute Gasteiger partial charge is 0.267 e. The first-order valence-electron chi connectivity index (χ1n) is 12.6. The first-order chi connectivity index (χ1) is 17.8. The summed E-state index contributed by atoms with van der Waals surface area (Å²) in [5, 5.41) is 17.2. The van der Waals surface area contributed by atoms with Gasteiger partial charge in [-0.25, -0.2) is 4.39 Å². The highest BCUT2D eigenvalue weighted by molar-refractivity contribution is 5.84. The molecule has 0 saturated carbocycles. The Bertz CT molecular complexity index is 1090. The molecule has 1 amide bonds. The fourth-order valence-electron chi connectivity index (χ4n) is 4.57. The molecule has 8 heteroatoms. The molecule has 1 fully saturated rings. The lowest BCUT2D eigenvalue weighted by Gasteiger charge is -2.36. The molecule has 1 atom stereocenters. The van der Waals surface area contributed by atoms with Gasteiger partial charge in [-0.05, 0) is 30.7 Å². The van der Waals surface area contributed by atoms with Crippen molar-refractivity contribution in [2.24, 2.45) is 0 Å². The van der Waals surface area contributed by atoms with E-state index in [1.807, 2.05) is 30.3 Å². The van der Waals surface area contributed by atoms with Crippen LogP contribution in [0.4, 0.5) is 10.1 Å². The number of hydrogen-bond donors (Lipinski definition) is 3. The Morgan fingerprint density at radius 1 is 1.22 bits per heavy atom. The van der Waals surface area contributed by atoms with Crippen LogP contribution in [-0.4, -0.2) is 66.9 Å². The van der Waals surface area contributed by atoms with Crippen LogP contribution < -0.4 is 10.6 Å². The second-order valence-electron chi connectivity index (χ2n) is 9.29. The van der Waals surface area contributed by atoms with Crippen molar-refractivity contribution in [2.45, 2.75) is 38.2 Å². The Balaban J connectivity index is 1.81. The van der Waals surface area contributed by atoms with Gasteiger partial charge in [-0.2, -0.15) is 0 Å². The summed E-state index contributed by atoms with van der Waals surface area (Å²) in [5.74, 6) is -0.694. The summed E-state index contributed by atoms with van der Waals surface area (Å²) in [6, 6.07) is 11.2. The van der Waals surface area contributed by atoms with Gasteiger partial charge in [0.1, 0.15) is 5.82 Å². The van der Waals surface area contributed by atoms with Crippen LogP contribution in [-0.2, 0) is 29.2 Å². The maximum absolute atomic E-state index is 15.4. The number of nitrogens with one attached hydrogen (secondary N) is 2. The van der Waals surface area contributed by atoms with Gasteiger partial charge in [-0.3, -0.25) is 14.6 Å². The number of nitrogens with zero attached hydrogens (tertiary/aromatic N) is 2. The molecule has 1 heterocycles. The number of hydrogen-bond acceptors (Lipinski definition) is 6. The molecule has 3 N–H and O–H groups in total. The maximum Gasteiger partial charge on any atom is 0.267 e. The standard InChI is InChI=1S/C29H39FN4O3/c1-5-7-14-29(36,28(35)31-3)33(4)21-25-22(6-2)10-9-13-26(25)32-19-23-11-8-12-24(27(23)30)20-34-15-17-37-18-16-34/h5-6,8-13,32,36H,1-2,7,14-21H2,3-4H3,(H,31,35). The van der Waals surface area contributed by atoms with Crippen LogP contribution in [0.25, 0.3) is 6.08 Å². The number of rotatable bonds is 13.